The van der Waals surface area contributed by atoms with Crippen LogP contribution < -0.4 is 0 Å². The molecule has 0 aliphatic carbocycles. The molecule has 78 valence electrons. The lowest BCUT2D eigenvalue weighted by Gasteiger charge is -2.19. The van der Waals surface area contributed by atoms with Crippen LogP contribution in [0.1, 0.15) is 13.3 Å². The smallest absolute Gasteiger partial charge is 0.0521 e. The third kappa shape index (κ3) is 6.46. The van der Waals surface area contributed by atoms with Gasteiger partial charge in [-0.25, -0.2) is 0 Å². The van der Waals surface area contributed by atoms with Crippen LogP contribution in [0.3, 0.4) is 0 Å². The Labute approximate surface area is 82.0 Å². The lowest BCUT2D eigenvalue weighted by molar-refractivity contribution is 0.146. The first-order valence-electron chi connectivity index (χ1n) is 4.70. The number of nitrogens with zero attached hydrogens (tertiary/aromatic N) is 2. The maximum Gasteiger partial charge on any atom is 0.0521 e. The van der Waals surface area contributed by atoms with E-state index in [0.717, 1.165) is 19.6 Å². The zero-order valence-electron chi connectivity index (χ0n) is 9.50. The van der Waals surface area contributed by atoms with Crippen molar-refractivity contribution in [1.82, 2.24) is 9.80 Å². The molecule has 3 nitrogen and oxygen atoms in total. The first-order chi connectivity index (χ1) is 6.07. The van der Waals surface area contributed by atoms with Crippen molar-refractivity contribution in [3.05, 3.63) is 11.9 Å². The molecular formula is C10H22N2O. The molecule has 0 bridgehead atoms. The second-order valence-corrected chi connectivity index (χ2v) is 3.43. The van der Waals surface area contributed by atoms with Gasteiger partial charge in [0, 0.05) is 53.1 Å². The van der Waals surface area contributed by atoms with Gasteiger partial charge in [-0.15, -0.1) is 0 Å². The third-order valence-electron chi connectivity index (χ3n) is 1.69. The molecule has 0 aromatic heterocycles. The third-order valence-corrected chi connectivity index (χ3v) is 1.69. The molecule has 0 atom stereocenters. The fourth-order valence-corrected chi connectivity index (χ4v) is 1.02. The topological polar surface area (TPSA) is 15.7 Å². The molecule has 0 N–H and O–H groups in total. The summed E-state index contributed by atoms with van der Waals surface area (Å²) in [6, 6.07) is 0. The van der Waals surface area contributed by atoms with Crippen molar-refractivity contribution in [2.75, 3.05) is 41.4 Å². The predicted octanol–water partition coefficient (Wildman–Crippen LogP) is 1.38. The van der Waals surface area contributed by atoms with E-state index in [9.17, 15) is 0 Å². The molecule has 0 aromatic rings. The molecule has 0 saturated carbocycles. The molecular weight excluding hydrogens is 164 g/mol. The zero-order valence-corrected chi connectivity index (χ0v) is 9.50. The van der Waals surface area contributed by atoms with E-state index in [1.165, 1.54) is 5.70 Å². The first-order valence-corrected chi connectivity index (χ1v) is 4.70. The quantitative estimate of drug-likeness (QED) is 0.583. The maximum absolute atomic E-state index is 5.31. The van der Waals surface area contributed by atoms with Crippen LogP contribution in [-0.2, 0) is 4.74 Å². The number of hydrogen-bond donors (Lipinski definition) is 0. The lowest BCUT2D eigenvalue weighted by Crippen LogP contribution is -2.16. The van der Waals surface area contributed by atoms with Gasteiger partial charge in [-0.2, -0.15) is 0 Å². The van der Waals surface area contributed by atoms with Gasteiger partial charge in [-0.1, -0.05) is 0 Å². The Morgan fingerprint density at radius 1 is 1.23 bits per heavy atom. The maximum atomic E-state index is 5.31. The number of hydrogen-bond acceptors (Lipinski definition) is 3. The van der Waals surface area contributed by atoms with Crippen molar-refractivity contribution in [1.29, 1.82) is 0 Å². The largest absolute Gasteiger partial charge is 0.382 e. The molecule has 0 aliphatic rings. The summed E-state index contributed by atoms with van der Waals surface area (Å²) in [5, 5.41) is 0. The second kappa shape index (κ2) is 6.78. The van der Waals surface area contributed by atoms with Crippen LogP contribution in [0.2, 0.25) is 0 Å². The van der Waals surface area contributed by atoms with Gasteiger partial charge in [0.15, 0.2) is 0 Å². The Hall–Kier alpha value is -0.700. The molecule has 0 heterocycles. The van der Waals surface area contributed by atoms with Gasteiger partial charge in [-0.05, 0) is 6.92 Å². The average Bonchev–Trinajstić information content (AvgIpc) is 2.02. The highest BCUT2D eigenvalue weighted by Gasteiger charge is 1.99. The zero-order chi connectivity index (χ0) is 10.3. The van der Waals surface area contributed by atoms with Gasteiger partial charge in [0.05, 0.1) is 6.61 Å². The fraction of sp³-hybridized carbons (Fsp3) is 0.800. The number of rotatable bonds is 6. The summed E-state index contributed by atoms with van der Waals surface area (Å²) in [6.07, 6.45) is 3.10. The van der Waals surface area contributed by atoms with Crippen LogP contribution in [0.5, 0.6) is 0 Å². The summed E-state index contributed by atoms with van der Waals surface area (Å²) in [5.74, 6) is 0. The van der Waals surface area contributed by atoms with Crippen LogP contribution in [0.25, 0.3) is 0 Å². The predicted molar refractivity (Wildman–Crippen MR) is 56.6 cm³/mol. The Bertz CT molecular complexity index is 153. The van der Waals surface area contributed by atoms with E-state index in [1.54, 1.807) is 0 Å². The minimum atomic E-state index is 0.794. The van der Waals surface area contributed by atoms with Gasteiger partial charge in [0.1, 0.15) is 0 Å². The van der Waals surface area contributed by atoms with Crippen molar-refractivity contribution in [3.8, 4) is 0 Å². The summed E-state index contributed by atoms with van der Waals surface area (Å²) < 4.78 is 5.31. The number of ether oxygens (including phenoxy) is 1. The SMILES string of the molecule is CCOCCC(=CN(C)C)N(C)C. The van der Waals surface area contributed by atoms with E-state index in [4.69, 9.17) is 4.74 Å². The van der Waals surface area contributed by atoms with E-state index < -0.39 is 0 Å². The average molecular weight is 186 g/mol. The molecule has 0 amide bonds. The summed E-state index contributed by atoms with van der Waals surface area (Å²) >= 11 is 0. The van der Waals surface area contributed by atoms with Gasteiger partial charge in [0.2, 0.25) is 0 Å². The molecule has 0 unspecified atom stereocenters. The van der Waals surface area contributed by atoms with Crippen LogP contribution in [-0.4, -0.2) is 51.2 Å². The van der Waals surface area contributed by atoms with Crippen molar-refractivity contribution in [2.24, 2.45) is 0 Å². The van der Waals surface area contributed by atoms with Crippen molar-refractivity contribution >= 4 is 0 Å². The molecule has 0 spiro atoms. The summed E-state index contributed by atoms with van der Waals surface area (Å²) in [5.41, 5.74) is 1.29. The van der Waals surface area contributed by atoms with Gasteiger partial charge >= 0.3 is 0 Å². The summed E-state index contributed by atoms with van der Waals surface area (Å²) in [4.78, 5) is 4.18. The van der Waals surface area contributed by atoms with Gasteiger partial charge in [0.25, 0.3) is 0 Å². The Balaban J connectivity index is 3.95. The molecule has 0 saturated heterocycles. The van der Waals surface area contributed by atoms with Crippen LogP contribution in [0, 0.1) is 0 Å². The fourth-order valence-electron chi connectivity index (χ4n) is 1.02. The Morgan fingerprint density at radius 3 is 2.23 bits per heavy atom. The van der Waals surface area contributed by atoms with E-state index in [-0.39, 0.29) is 0 Å². The normalized spacial score (nSPS) is 11.6. The molecule has 0 aliphatic heterocycles. The van der Waals surface area contributed by atoms with Gasteiger partial charge < -0.3 is 14.5 Å². The molecule has 13 heavy (non-hydrogen) atoms. The highest BCUT2D eigenvalue weighted by molar-refractivity contribution is 4.98. The van der Waals surface area contributed by atoms with Crippen LogP contribution in [0.15, 0.2) is 11.9 Å². The van der Waals surface area contributed by atoms with E-state index >= 15 is 0 Å². The highest BCUT2D eigenvalue weighted by atomic mass is 16.5. The van der Waals surface area contributed by atoms with Crippen molar-refractivity contribution in [2.45, 2.75) is 13.3 Å². The van der Waals surface area contributed by atoms with E-state index in [0.29, 0.717) is 0 Å². The summed E-state index contributed by atoms with van der Waals surface area (Å²) in [7, 11) is 8.18. The van der Waals surface area contributed by atoms with Crippen LogP contribution >= 0.6 is 0 Å². The molecule has 0 radical (unpaired) electrons. The van der Waals surface area contributed by atoms with E-state index in [2.05, 4.69) is 30.1 Å². The first kappa shape index (κ1) is 12.3. The minimum Gasteiger partial charge on any atom is -0.382 e. The van der Waals surface area contributed by atoms with Crippen molar-refractivity contribution in [3.63, 3.8) is 0 Å². The van der Waals surface area contributed by atoms with Gasteiger partial charge in [-0.3, -0.25) is 0 Å². The Kier molecular flexibility index (Phi) is 6.41. The lowest BCUT2D eigenvalue weighted by atomic mass is 10.3. The molecule has 3 heteroatoms. The molecule has 0 fully saturated rings. The minimum absolute atomic E-state index is 0.794. The van der Waals surface area contributed by atoms with Crippen LogP contribution in [0.4, 0.5) is 0 Å². The summed E-state index contributed by atoms with van der Waals surface area (Å²) in [6.45, 7) is 3.61. The standard InChI is InChI=1S/C10H22N2O/c1-6-13-8-7-10(12(4)5)9-11(2)3/h9H,6-8H2,1-5H3. The molecule has 0 aromatic carbocycles. The van der Waals surface area contributed by atoms with Crippen molar-refractivity contribution < 1.29 is 4.74 Å². The van der Waals surface area contributed by atoms with E-state index in [1.807, 2.05) is 21.0 Å². The highest BCUT2D eigenvalue weighted by Crippen LogP contribution is 2.05. The second-order valence-electron chi connectivity index (χ2n) is 3.43. The molecule has 0 rings (SSSR count). The monoisotopic (exact) mass is 186 g/mol. The Morgan fingerprint density at radius 2 is 1.85 bits per heavy atom.